The van der Waals surface area contributed by atoms with Gasteiger partial charge in [0, 0.05) is 13.2 Å². The van der Waals surface area contributed by atoms with Crippen molar-refractivity contribution in [1.82, 2.24) is 0 Å². The second-order valence-corrected chi connectivity index (χ2v) is 4.63. The second-order valence-electron chi connectivity index (χ2n) is 4.63. The summed E-state index contributed by atoms with van der Waals surface area (Å²) in [4.78, 5) is 11.9. The van der Waals surface area contributed by atoms with Gasteiger partial charge in [0.15, 0.2) is 0 Å². The molecular weight excluding hydrogens is 273 g/mol. The fourth-order valence-electron chi connectivity index (χ4n) is 2.04. The van der Waals surface area contributed by atoms with Crippen molar-refractivity contribution in [3.8, 4) is 0 Å². The minimum Gasteiger partial charge on any atom is -0.381 e. The molecule has 1 aromatic carbocycles. The molecule has 1 unspecified atom stereocenters. The Hall–Kier alpha value is -1.60. The maximum atomic E-state index is 13.0. The lowest BCUT2D eigenvalue weighted by Gasteiger charge is -2.16. The Morgan fingerprint density at radius 2 is 2.20 bits per heavy atom. The Labute approximate surface area is 114 Å². The maximum absolute atomic E-state index is 13.0. The molecule has 7 heteroatoms. The Balaban J connectivity index is 2.24. The lowest BCUT2D eigenvalue weighted by atomic mass is 10.1. The highest BCUT2D eigenvalue weighted by atomic mass is 19.4. The van der Waals surface area contributed by atoms with Gasteiger partial charge >= 0.3 is 6.18 Å². The van der Waals surface area contributed by atoms with Gasteiger partial charge in [-0.25, -0.2) is 0 Å². The van der Waals surface area contributed by atoms with Crippen LogP contribution in [0.2, 0.25) is 0 Å². The summed E-state index contributed by atoms with van der Waals surface area (Å²) in [6.07, 6.45) is -4.02. The zero-order valence-electron chi connectivity index (χ0n) is 10.7. The van der Waals surface area contributed by atoms with Crippen molar-refractivity contribution in [2.45, 2.75) is 19.1 Å². The average Bonchev–Trinajstić information content (AvgIpc) is 2.91. The highest BCUT2D eigenvalue weighted by Crippen LogP contribution is 2.35. The molecule has 1 aromatic rings. The van der Waals surface area contributed by atoms with E-state index in [0.29, 0.717) is 18.6 Å². The fraction of sp³-hybridized carbons (Fsp3) is 0.462. The van der Waals surface area contributed by atoms with Crippen LogP contribution in [-0.4, -0.2) is 19.1 Å². The van der Waals surface area contributed by atoms with E-state index in [2.05, 4.69) is 5.32 Å². The van der Waals surface area contributed by atoms with Gasteiger partial charge in [0.2, 0.25) is 5.91 Å². The van der Waals surface area contributed by atoms with Crippen molar-refractivity contribution in [3.05, 3.63) is 29.3 Å². The van der Waals surface area contributed by atoms with Gasteiger partial charge in [-0.05, 0) is 24.1 Å². The molecule has 110 valence electrons. The minimum atomic E-state index is -4.54. The van der Waals surface area contributed by atoms with E-state index in [0.717, 1.165) is 6.07 Å². The highest BCUT2D eigenvalue weighted by molar-refractivity contribution is 5.93. The summed E-state index contributed by atoms with van der Waals surface area (Å²) in [5, 5.41) is 2.33. The number of alkyl halides is 3. The van der Waals surface area contributed by atoms with Gasteiger partial charge in [0.25, 0.3) is 0 Å². The van der Waals surface area contributed by atoms with Crippen LogP contribution in [0.3, 0.4) is 0 Å². The van der Waals surface area contributed by atoms with Gasteiger partial charge in [-0.15, -0.1) is 0 Å². The molecule has 1 heterocycles. The van der Waals surface area contributed by atoms with Crippen LogP contribution in [0.15, 0.2) is 18.2 Å². The Morgan fingerprint density at radius 3 is 2.75 bits per heavy atom. The van der Waals surface area contributed by atoms with Crippen LogP contribution in [0.4, 0.5) is 18.9 Å². The zero-order valence-corrected chi connectivity index (χ0v) is 10.7. The monoisotopic (exact) mass is 288 g/mol. The Morgan fingerprint density at radius 1 is 1.45 bits per heavy atom. The quantitative estimate of drug-likeness (QED) is 0.895. The molecule has 20 heavy (non-hydrogen) atoms. The SMILES string of the molecule is NCc1ccc(NC(=O)C2CCOC2)c(C(F)(F)F)c1. The molecule has 0 saturated carbocycles. The van der Waals surface area contributed by atoms with Gasteiger partial charge in [-0.1, -0.05) is 6.07 Å². The van der Waals surface area contributed by atoms with Crippen LogP contribution in [0.1, 0.15) is 17.5 Å². The smallest absolute Gasteiger partial charge is 0.381 e. The number of anilines is 1. The van der Waals surface area contributed by atoms with Crippen LogP contribution in [0.25, 0.3) is 0 Å². The van der Waals surface area contributed by atoms with E-state index in [1.54, 1.807) is 0 Å². The number of carbonyl (C=O) groups is 1. The van der Waals surface area contributed by atoms with Crippen molar-refractivity contribution >= 4 is 11.6 Å². The number of amides is 1. The van der Waals surface area contributed by atoms with Crippen molar-refractivity contribution in [3.63, 3.8) is 0 Å². The standard InChI is InChI=1S/C13H15F3N2O2/c14-13(15,16)10-5-8(6-17)1-2-11(10)18-12(19)9-3-4-20-7-9/h1-2,5,9H,3-4,6-7,17H2,(H,18,19). The molecule has 2 rings (SSSR count). The van der Waals surface area contributed by atoms with Gasteiger partial charge in [0.1, 0.15) is 0 Å². The number of hydrogen-bond donors (Lipinski definition) is 2. The minimum absolute atomic E-state index is 0.00771. The molecule has 0 spiro atoms. The summed E-state index contributed by atoms with van der Waals surface area (Å²) in [5.74, 6) is -0.848. The van der Waals surface area contributed by atoms with Gasteiger partial charge in [-0.3, -0.25) is 4.79 Å². The van der Waals surface area contributed by atoms with E-state index in [-0.39, 0.29) is 18.8 Å². The van der Waals surface area contributed by atoms with Crippen LogP contribution in [0, 0.1) is 5.92 Å². The first-order valence-electron chi connectivity index (χ1n) is 6.20. The molecule has 0 bridgehead atoms. The average molecular weight is 288 g/mol. The summed E-state index contributed by atoms with van der Waals surface area (Å²) < 4.78 is 44.0. The molecule has 1 atom stereocenters. The first-order chi connectivity index (χ1) is 9.41. The first kappa shape index (κ1) is 14.8. The highest BCUT2D eigenvalue weighted by Gasteiger charge is 2.35. The van der Waals surface area contributed by atoms with Gasteiger partial charge in [-0.2, -0.15) is 13.2 Å². The normalized spacial score (nSPS) is 19.1. The maximum Gasteiger partial charge on any atom is 0.418 e. The third-order valence-corrected chi connectivity index (χ3v) is 3.18. The van der Waals surface area contributed by atoms with Crippen LogP contribution in [0.5, 0.6) is 0 Å². The Kier molecular flexibility index (Phi) is 4.29. The number of benzene rings is 1. The molecule has 1 fully saturated rings. The fourth-order valence-corrected chi connectivity index (χ4v) is 2.04. The van der Waals surface area contributed by atoms with Crippen LogP contribution < -0.4 is 11.1 Å². The number of ether oxygens (including phenoxy) is 1. The molecule has 0 aromatic heterocycles. The molecule has 1 saturated heterocycles. The zero-order chi connectivity index (χ0) is 14.8. The number of nitrogens with one attached hydrogen (secondary N) is 1. The largest absolute Gasteiger partial charge is 0.418 e. The number of hydrogen-bond acceptors (Lipinski definition) is 3. The summed E-state index contributed by atoms with van der Waals surface area (Å²) in [7, 11) is 0. The van der Waals surface area contributed by atoms with E-state index in [1.807, 2.05) is 0 Å². The molecule has 0 aliphatic carbocycles. The molecule has 4 nitrogen and oxygen atoms in total. The van der Waals surface area contributed by atoms with Crippen molar-refractivity contribution in [2.24, 2.45) is 11.7 Å². The Bertz CT molecular complexity index is 497. The van der Waals surface area contributed by atoms with Crippen molar-refractivity contribution < 1.29 is 22.7 Å². The number of nitrogens with two attached hydrogens (primary N) is 1. The van der Waals surface area contributed by atoms with E-state index in [4.69, 9.17) is 10.5 Å². The third kappa shape index (κ3) is 3.29. The topological polar surface area (TPSA) is 64.3 Å². The summed E-state index contributed by atoms with van der Waals surface area (Å²) >= 11 is 0. The number of halogens is 3. The summed E-state index contributed by atoms with van der Waals surface area (Å²) in [6, 6.07) is 3.66. The molecule has 1 amide bonds. The predicted octanol–water partition coefficient (Wildman–Crippen LogP) is 2.14. The number of rotatable bonds is 3. The van der Waals surface area contributed by atoms with E-state index >= 15 is 0 Å². The predicted molar refractivity (Wildman–Crippen MR) is 66.9 cm³/mol. The van der Waals surface area contributed by atoms with Crippen LogP contribution in [-0.2, 0) is 22.3 Å². The molecular formula is C13H15F3N2O2. The van der Waals surface area contributed by atoms with Gasteiger partial charge < -0.3 is 15.8 Å². The molecule has 1 aliphatic rings. The lowest BCUT2D eigenvalue weighted by molar-refractivity contribution is -0.137. The summed E-state index contributed by atoms with van der Waals surface area (Å²) in [6.45, 7) is 0.707. The van der Waals surface area contributed by atoms with E-state index in [1.165, 1.54) is 12.1 Å². The third-order valence-electron chi connectivity index (χ3n) is 3.18. The van der Waals surface area contributed by atoms with E-state index in [9.17, 15) is 18.0 Å². The molecule has 3 N–H and O–H groups in total. The van der Waals surface area contributed by atoms with Crippen molar-refractivity contribution in [1.29, 1.82) is 0 Å². The second kappa shape index (κ2) is 5.80. The molecule has 0 radical (unpaired) electrons. The number of carbonyl (C=O) groups excluding carboxylic acids is 1. The molecule has 1 aliphatic heterocycles. The summed E-state index contributed by atoms with van der Waals surface area (Å²) in [5.41, 5.74) is 4.58. The van der Waals surface area contributed by atoms with Crippen LogP contribution >= 0.6 is 0 Å². The van der Waals surface area contributed by atoms with Gasteiger partial charge in [0.05, 0.1) is 23.8 Å². The lowest BCUT2D eigenvalue weighted by Crippen LogP contribution is -2.24. The van der Waals surface area contributed by atoms with Crippen molar-refractivity contribution in [2.75, 3.05) is 18.5 Å². The first-order valence-corrected chi connectivity index (χ1v) is 6.20. The van der Waals surface area contributed by atoms with E-state index < -0.39 is 23.6 Å².